The Morgan fingerprint density at radius 3 is 2.50 bits per heavy atom. The Hall–Kier alpha value is -0.480. The maximum absolute atomic E-state index is 13.3. The molecule has 0 aliphatic heterocycles. The van der Waals surface area contributed by atoms with Crippen LogP contribution in [0.15, 0.2) is 24.3 Å². The number of alkyl halides is 1. The summed E-state index contributed by atoms with van der Waals surface area (Å²) < 4.78 is 19.5. The van der Waals surface area contributed by atoms with Gasteiger partial charge in [-0.25, -0.2) is 4.39 Å². The number of benzene rings is 1. The van der Waals surface area contributed by atoms with Crippen molar-refractivity contribution in [1.82, 2.24) is 0 Å². The fourth-order valence-corrected chi connectivity index (χ4v) is 3.59. The lowest BCUT2D eigenvalue weighted by molar-refractivity contribution is 0.409. The molecule has 96 valence electrons. The summed E-state index contributed by atoms with van der Waals surface area (Å²) >= 11 is 19.5. The molecule has 0 fully saturated rings. The van der Waals surface area contributed by atoms with Crippen molar-refractivity contribution in [1.29, 1.82) is 0 Å². The molecule has 1 unspecified atom stereocenters. The van der Waals surface area contributed by atoms with Crippen LogP contribution in [0.3, 0.4) is 0 Å². The van der Waals surface area contributed by atoms with E-state index in [0.29, 0.717) is 25.5 Å². The van der Waals surface area contributed by atoms with Gasteiger partial charge in [0.2, 0.25) is 0 Å². The molecule has 2 rings (SSSR count). The minimum Gasteiger partial charge on any atom is -0.496 e. The van der Waals surface area contributed by atoms with Crippen molar-refractivity contribution in [2.75, 3.05) is 7.11 Å². The number of ether oxygens (including phenoxy) is 1. The molecule has 6 heteroatoms. The van der Waals surface area contributed by atoms with Gasteiger partial charge in [-0.05, 0) is 24.3 Å². The van der Waals surface area contributed by atoms with Crippen LogP contribution in [0.1, 0.15) is 16.5 Å². The molecular formula is C12H8Cl3FOS. The molecular weight excluding hydrogens is 318 g/mol. The Morgan fingerprint density at radius 1 is 1.22 bits per heavy atom. The molecule has 0 saturated heterocycles. The van der Waals surface area contributed by atoms with Gasteiger partial charge >= 0.3 is 0 Å². The predicted octanol–water partition coefficient (Wildman–Crippen LogP) is 5.53. The van der Waals surface area contributed by atoms with Crippen LogP contribution in [-0.4, -0.2) is 7.11 Å². The van der Waals surface area contributed by atoms with Crippen molar-refractivity contribution in [3.8, 4) is 5.75 Å². The van der Waals surface area contributed by atoms with Crippen LogP contribution in [0.25, 0.3) is 0 Å². The smallest absolute Gasteiger partial charge is 0.124 e. The van der Waals surface area contributed by atoms with Crippen molar-refractivity contribution in [2.45, 2.75) is 5.38 Å². The number of hydrogen-bond acceptors (Lipinski definition) is 2. The summed E-state index contributed by atoms with van der Waals surface area (Å²) in [5.74, 6) is 0.128. The van der Waals surface area contributed by atoms with Gasteiger partial charge in [-0.15, -0.1) is 22.9 Å². The van der Waals surface area contributed by atoms with Crippen molar-refractivity contribution in [2.24, 2.45) is 0 Å². The van der Waals surface area contributed by atoms with Gasteiger partial charge in [-0.2, -0.15) is 0 Å². The Balaban J connectivity index is 2.48. The number of thiophene rings is 1. The molecule has 0 amide bonds. The lowest BCUT2D eigenvalue weighted by Crippen LogP contribution is -1.97. The number of rotatable bonds is 3. The molecule has 0 bridgehead atoms. The topological polar surface area (TPSA) is 9.23 Å². The minimum absolute atomic E-state index is 0.381. The maximum Gasteiger partial charge on any atom is 0.124 e. The fraction of sp³-hybridized carbons (Fsp3) is 0.167. The highest BCUT2D eigenvalue weighted by atomic mass is 35.5. The third kappa shape index (κ3) is 2.75. The Bertz CT molecular complexity index is 570. The summed E-state index contributed by atoms with van der Waals surface area (Å²) in [6.07, 6.45) is 0. The second-order valence-corrected chi connectivity index (χ2v) is 6.25. The van der Waals surface area contributed by atoms with Crippen LogP contribution < -0.4 is 4.74 Å². The van der Waals surface area contributed by atoms with Crippen molar-refractivity contribution in [3.05, 3.63) is 49.9 Å². The van der Waals surface area contributed by atoms with E-state index in [0.717, 1.165) is 0 Å². The third-order valence-electron chi connectivity index (χ3n) is 2.42. The zero-order valence-electron chi connectivity index (χ0n) is 9.22. The van der Waals surface area contributed by atoms with Gasteiger partial charge in [0.05, 0.1) is 21.2 Å². The van der Waals surface area contributed by atoms with Crippen LogP contribution in [0.4, 0.5) is 4.39 Å². The monoisotopic (exact) mass is 324 g/mol. The minimum atomic E-state index is -0.605. The number of halogens is 4. The zero-order chi connectivity index (χ0) is 13.3. The normalized spacial score (nSPS) is 12.5. The summed E-state index contributed by atoms with van der Waals surface area (Å²) in [5.41, 5.74) is 1.17. The standard InChI is InChI=1S/C12H8Cl3FOS/c1-17-9-3-2-6(16)4-7(9)11(14)8-5-10(13)18-12(8)15/h2-5,11H,1H3. The molecule has 18 heavy (non-hydrogen) atoms. The SMILES string of the molecule is COc1ccc(F)cc1C(Cl)c1cc(Cl)sc1Cl. The highest BCUT2D eigenvalue weighted by molar-refractivity contribution is 7.20. The first-order valence-electron chi connectivity index (χ1n) is 4.95. The fourth-order valence-electron chi connectivity index (χ4n) is 1.60. The quantitative estimate of drug-likeness (QED) is 0.674. The molecule has 1 nitrogen and oxygen atoms in total. The van der Waals surface area contributed by atoms with E-state index in [1.807, 2.05) is 0 Å². The summed E-state index contributed by atoms with van der Waals surface area (Å²) in [5, 5.41) is -0.605. The second-order valence-electron chi connectivity index (χ2n) is 3.53. The summed E-state index contributed by atoms with van der Waals surface area (Å²) in [4.78, 5) is 0. The van der Waals surface area contributed by atoms with Gasteiger partial charge in [0.1, 0.15) is 11.6 Å². The average molecular weight is 326 g/mol. The highest BCUT2D eigenvalue weighted by Gasteiger charge is 2.21. The van der Waals surface area contributed by atoms with E-state index in [2.05, 4.69) is 0 Å². The molecule has 0 aliphatic carbocycles. The Labute approximate surface area is 123 Å². The highest BCUT2D eigenvalue weighted by Crippen LogP contribution is 2.43. The Kier molecular flexibility index (Phi) is 4.38. The molecule has 1 aromatic carbocycles. The second kappa shape index (κ2) is 5.66. The van der Waals surface area contributed by atoms with Gasteiger partial charge in [-0.3, -0.25) is 0 Å². The molecule has 0 N–H and O–H groups in total. The van der Waals surface area contributed by atoms with Gasteiger partial charge in [0.15, 0.2) is 0 Å². The molecule has 0 saturated carbocycles. The van der Waals surface area contributed by atoms with E-state index >= 15 is 0 Å². The lowest BCUT2D eigenvalue weighted by atomic mass is 10.1. The Morgan fingerprint density at radius 2 is 1.94 bits per heavy atom. The van der Waals surface area contributed by atoms with Gasteiger partial charge in [0, 0.05) is 11.1 Å². The third-order valence-corrected chi connectivity index (χ3v) is 4.41. The van der Waals surface area contributed by atoms with Crippen LogP contribution in [0, 0.1) is 5.82 Å². The van der Waals surface area contributed by atoms with Crippen LogP contribution in [0.2, 0.25) is 8.67 Å². The van der Waals surface area contributed by atoms with Crippen molar-refractivity contribution >= 4 is 46.1 Å². The first kappa shape index (κ1) is 13.9. The van der Waals surface area contributed by atoms with E-state index in [1.54, 1.807) is 6.07 Å². The molecule has 0 radical (unpaired) electrons. The molecule has 0 spiro atoms. The maximum atomic E-state index is 13.3. The number of hydrogen-bond donors (Lipinski definition) is 0. The zero-order valence-corrected chi connectivity index (χ0v) is 12.3. The number of methoxy groups -OCH3 is 1. The largest absolute Gasteiger partial charge is 0.496 e. The van der Waals surface area contributed by atoms with E-state index in [-0.39, 0.29) is 5.82 Å². The van der Waals surface area contributed by atoms with E-state index < -0.39 is 5.38 Å². The molecule has 0 aliphatic rings. The predicted molar refractivity (Wildman–Crippen MR) is 75.0 cm³/mol. The van der Waals surface area contributed by atoms with Gasteiger partial charge in [-0.1, -0.05) is 23.2 Å². The van der Waals surface area contributed by atoms with Crippen LogP contribution in [0.5, 0.6) is 5.75 Å². The van der Waals surface area contributed by atoms with Gasteiger partial charge < -0.3 is 4.74 Å². The van der Waals surface area contributed by atoms with Crippen molar-refractivity contribution < 1.29 is 9.13 Å². The van der Waals surface area contributed by atoms with Crippen molar-refractivity contribution in [3.63, 3.8) is 0 Å². The molecule has 2 aromatic rings. The van der Waals surface area contributed by atoms with Crippen LogP contribution in [-0.2, 0) is 0 Å². The van der Waals surface area contributed by atoms with E-state index in [9.17, 15) is 4.39 Å². The summed E-state index contributed by atoms with van der Waals surface area (Å²) in [7, 11) is 1.50. The summed E-state index contributed by atoms with van der Waals surface area (Å²) in [6, 6.07) is 5.85. The molecule has 1 atom stereocenters. The van der Waals surface area contributed by atoms with Crippen LogP contribution >= 0.6 is 46.1 Å². The van der Waals surface area contributed by atoms with Gasteiger partial charge in [0.25, 0.3) is 0 Å². The van der Waals surface area contributed by atoms with E-state index in [4.69, 9.17) is 39.5 Å². The summed E-state index contributed by atoms with van der Waals surface area (Å²) in [6.45, 7) is 0. The lowest BCUT2D eigenvalue weighted by Gasteiger charge is -2.13. The molecule has 1 heterocycles. The van der Waals surface area contributed by atoms with E-state index in [1.165, 1.54) is 36.6 Å². The molecule has 1 aromatic heterocycles. The first-order valence-corrected chi connectivity index (χ1v) is 6.96. The average Bonchev–Trinajstić information content (AvgIpc) is 2.67. The first-order chi connectivity index (χ1) is 8.52.